The van der Waals surface area contributed by atoms with Crippen molar-refractivity contribution in [3.63, 3.8) is 0 Å². The molecule has 2 aromatic rings. The van der Waals surface area contributed by atoms with E-state index < -0.39 is 0 Å². The van der Waals surface area contributed by atoms with Gasteiger partial charge < -0.3 is 5.32 Å². The minimum atomic E-state index is -0.181. The van der Waals surface area contributed by atoms with Gasteiger partial charge in [0.25, 0.3) is 0 Å². The molecule has 0 bridgehead atoms. The highest BCUT2D eigenvalue weighted by molar-refractivity contribution is 7.13. The fourth-order valence-electron chi connectivity index (χ4n) is 2.41. The second kappa shape index (κ2) is 8.06. The van der Waals surface area contributed by atoms with Gasteiger partial charge in [-0.2, -0.15) is 0 Å². The Morgan fingerprint density at radius 1 is 1.08 bits per heavy atom. The van der Waals surface area contributed by atoms with Crippen LogP contribution in [0.15, 0.2) is 36.4 Å². The van der Waals surface area contributed by atoms with E-state index in [2.05, 4.69) is 39.1 Å². The highest BCUT2D eigenvalue weighted by atomic mass is 32.1. The maximum atomic E-state index is 12.0. The minimum Gasteiger partial charge on any atom is -0.323 e. The maximum Gasteiger partial charge on any atom is 0.248 e. The Morgan fingerprint density at radius 2 is 1.75 bits per heavy atom. The van der Waals surface area contributed by atoms with Crippen LogP contribution in [-0.2, 0) is 4.79 Å². The zero-order valence-corrected chi connectivity index (χ0v) is 15.3. The first-order valence-electron chi connectivity index (χ1n) is 8.08. The summed E-state index contributed by atoms with van der Waals surface area (Å²) in [5, 5.41) is 2.79. The molecule has 0 aliphatic rings. The third-order valence-electron chi connectivity index (χ3n) is 3.67. The number of carbonyl (C=O) groups is 2. The van der Waals surface area contributed by atoms with E-state index in [-0.39, 0.29) is 5.91 Å². The molecular formula is C20H23NO2S. The number of carbonyl (C=O) groups excluding carboxylic acids is 2. The van der Waals surface area contributed by atoms with Crippen molar-refractivity contribution in [2.45, 2.75) is 39.5 Å². The average molecular weight is 341 g/mol. The number of nitrogens with one attached hydrogen (secondary N) is 1. The van der Waals surface area contributed by atoms with Crippen LogP contribution >= 0.6 is 11.3 Å². The van der Waals surface area contributed by atoms with E-state index in [4.69, 9.17) is 0 Å². The van der Waals surface area contributed by atoms with Gasteiger partial charge in [-0.05, 0) is 53.8 Å². The Labute approximate surface area is 147 Å². The fourth-order valence-corrected chi connectivity index (χ4v) is 3.64. The number of hydrogen-bond acceptors (Lipinski definition) is 3. The summed E-state index contributed by atoms with van der Waals surface area (Å²) >= 11 is 1.74. The van der Waals surface area contributed by atoms with E-state index >= 15 is 0 Å². The largest absolute Gasteiger partial charge is 0.323 e. The Morgan fingerprint density at radius 3 is 2.25 bits per heavy atom. The topological polar surface area (TPSA) is 46.2 Å². The molecule has 0 saturated carbocycles. The molecular weight excluding hydrogens is 318 g/mol. The molecule has 1 heterocycles. The van der Waals surface area contributed by atoms with Crippen molar-refractivity contribution < 1.29 is 9.59 Å². The Balaban J connectivity index is 2.07. The van der Waals surface area contributed by atoms with Crippen LogP contribution < -0.4 is 5.32 Å². The quantitative estimate of drug-likeness (QED) is 0.560. The first-order chi connectivity index (χ1) is 11.4. The zero-order chi connectivity index (χ0) is 17.7. The smallest absolute Gasteiger partial charge is 0.248 e. The molecule has 0 saturated heterocycles. The number of anilines is 1. The third-order valence-corrected chi connectivity index (χ3v) is 5.09. The second-order valence-corrected chi connectivity index (χ2v) is 7.46. The third kappa shape index (κ3) is 4.65. The Kier molecular flexibility index (Phi) is 6.10. The molecule has 0 spiro atoms. The molecule has 0 aliphatic carbocycles. The van der Waals surface area contributed by atoms with Crippen molar-refractivity contribution in [3.8, 4) is 0 Å². The van der Waals surface area contributed by atoms with Crippen molar-refractivity contribution in [3.05, 3.63) is 57.3 Å². The van der Waals surface area contributed by atoms with Crippen LogP contribution in [0.4, 0.5) is 5.69 Å². The van der Waals surface area contributed by atoms with Gasteiger partial charge in [-0.25, -0.2) is 0 Å². The van der Waals surface area contributed by atoms with Crippen LogP contribution in [0.2, 0.25) is 0 Å². The monoisotopic (exact) mass is 341 g/mol. The van der Waals surface area contributed by atoms with Gasteiger partial charge >= 0.3 is 0 Å². The number of amides is 1. The van der Waals surface area contributed by atoms with Gasteiger partial charge in [0.1, 0.15) is 6.29 Å². The van der Waals surface area contributed by atoms with Crippen LogP contribution in [-0.4, -0.2) is 12.2 Å². The molecule has 4 heteroatoms. The van der Waals surface area contributed by atoms with E-state index in [1.54, 1.807) is 41.7 Å². The number of rotatable bonds is 6. The van der Waals surface area contributed by atoms with E-state index in [0.29, 0.717) is 23.1 Å². The number of benzene rings is 1. The van der Waals surface area contributed by atoms with Gasteiger partial charge in [-0.15, -0.1) is 11.3 Å². The molecule has 126 valence electrons. The molecule has 0 unspecified atom stereocenters. The maximum absolute atomic E-state index is 12.0. The molecule has 0 aliphatic heterocycles. The van der Waals surface area contributed by atoms with Gasteiger partial charge in [-0.1, -0.05) is 27.7 Å². The van der Waals surface area contributed by atoms with Crippen LogP contribution in [0.25, 0.3) is 6.08 Å². The van der Waals surface area contributed by atoms with Gasteiger partial charge in [0, 0.05) is 27.1 Å². The zero-order valence-electron chi connectivity index (χ0n) is 14.5. The lowest BCUT2D eigenvalue weighted by Crippen LogP contribution is -2.07. The molecule has 2 rings (SSSR count). The summed E-state index contributed by atoms with van der Waals surface area (Å²) in [6, 6.07) is 8.96. The molecule has 1 aromatic heterocycles. The molecule has 1 N–H and O–H groups in total. The van der Waals surface area contributed by atoms with Crippen molar-refractivity contribution in [1.29, 1.82) is 0 Å². The molecule has 0 radical (unpaired) electrons. The molecule has 3 nitrogen and oxygen atoms in total. The molecule has 1 aromatic carbocycles. The second-order valence-electron chi connectivity index (χ2n) is 6.34. The normalized spacial score (nSPS) is 11.4. The molecule has 0 atom stereocenters. The van der Waals surface area contributed by atoms with Crippen molar-refractivity contribution in [2.75, 3.05) is 5.32 Å². The Hall–Kier alpha value is -2.20. The van der Waals surface area contributed by atoms with Crippen LogP contribution in [0.3, 0.4) is 0 Å². The van der Waals surface area contributed by atoms with Gasteiger partial charge in [0.15, 0.2) is 0 Å². The summed E-state index contributed by atoms with van der Waals surface area (Å²) < 4.78 is 0. The number of thiophene rings is 1. The molecule has 24 heavy (non-hydrogen) atoms. The van der Waals surface area contributed by atoms with Gasteiger partial charge in [0.2, 0.25) is 5.91 Å². The average Bonchev–Trinajstić information content (AvgIpc) is 2.98. The van der Waals surface area contributed by atoms with Gasteiger partial charge in [-0.3, -0.25) is 9.59 Å². The highest BCUT2D eigenvalue weighted by Crippen LogP contribution is 2.34. The molecule has 1 amide bonds. The number of hydrogen-bond donors (Lipinski definition) is 1. The summed E-state index contributed by atoms with van der Waals surface area (Å²) in [6.07, 6.45) is 4.19. The minimum absolute atomic E-state index is 0.181. The van der Waals surface area contributed by atoms with Gasteiger partial charge in [0.05, 0.1) is 0 Å². The lowest BCUT2D eigenvalue weighted by molar-refractivity contribution is -0.111. The molecule has 0 fully saturated rings. The summed E-state index contributed by atoms with van der Waals surface area (Å²) in [6.45, 7) is 8.77. The lowest BCUT2D eigenvalue weighted by Gasteiger charge is -2.08. The summed E-state index contributed by atoms with van der Waals surface area (Å²) in [5.41, 5.74) is 2.62. The van der Waals surface area contributed by atoms with E-state index in [1.807, 2.05) is 6.08 Å². The predicted molar refractivity (Wildman–Crippen MR) is 102 cm³/mol. The van der Waals surface area contributed by atoms with Crippen LogP contribution in [0.1, 0.15) is 65.2 Å². The van der Waals surface area contributed by atoms with Crippen LogP contribution in [0.5, 0.6) is 0 Å². The van der Waals surface area contributed by atoms with E-state index in [9.17, 15) is 9.59 Å². The first kappa shape index (κ1) is 18.1. The van der Waals surface area contributed by atoms with Crippen molar-refractivity contribution in [1.82, 2.24) is 0 Å². The predicted octanol–water partition coefficient (Wildman–Crippen LogP) is 5.46. The summed E-state index contributed by atoms with van der Waals surface area (Å²) in [5.74, 6) is 0.783. The SMILES string of the molecule is CC(C)c1cc(/C=C/C(=O)Nc2ccc(C=O)cc2)sc1C(C)C. The standard InChI is InChI=1S/C20H23NO2S/c1-13(2)18-11-17(24-20(18)14(3)4)9-10-19(23)21-16-7-5-15(12-22)6-8-16/h5-14H,1-4H3,(H,21,23)/b10-9+. The van der Waals surface area contributed by atoms with E-state index in [0.717, 1.165) is 11.2 Å². The Bertz CT molecular complexity index is 714. The van der Waals surface area contributed by atoms with Crippen molar-refractivity contribution in [2.24, 2.45) is 0 Å². The van der Waals surface area contributed by atoms with Crippen molar-refractivity contribution >= 4 is 35.3 Å². The summed E-state index contributed by atoms with van der Waals surface area (Å²) in [7, 11) is 0. The summed E-state index contributed by atoms with van der Waals surface area (Å²) in [4.78, 5) is 25.1. The van der Waals surface area contributed by atoms with Crippen LogP contribution in [0, 0.1) is 0 Å². The lowest BCUT2D eigenvalue weighted by atomic mass is 9.99. The van der Waals surface area contributed by atoms with E-state index in [1.165, 1.54) is 10.4 Å². The first-order valence-corrected chi connectivity index (χ1v) is 8.90. The number of aldehydes is 1. The highest BCUT2D eigenvalue weighted by Gasteiger charge is 2.13. The fraction of sp³-hybridized carbons (Fsp3) is 0.300.